The van der Waals surface area contributed by atoms with Crippen molar-refractivity contribution in [2.75, 3.05) is 32.6 Å². The molecule has 0 radical (unpaired) electrons. The van der Waals surface area contributed by atoms with Crippen molar-refractivity contribution in [1.29, 1.82) is 0 Å². The van der Waals surface area contributed by atoms with E-state index in [0.717, 1.165) is 18.5 Å². The number of para-hydroxylation sites is 1. The van der Waals surface area contributed by atoms with E-state index in [9.17, 15) is 4.79 Å². The van der Waals surface area contributed by atoms with E-state index in [1.54, 1.807) is 0 Å². The number of hydrogen-bond donors (Lipinski definition) is 1. The number of carbonyl (C=O) groups excluding carboxylic acids is 1. The van der Waals surface area contributed by atoms with E-state index in [1.165, 1.54) is 25.7 Å². The molecule has 0 atom stereocenters. The highest BCUT2D eigenvalue weighted by atomic mass is 32.1. The lowest BCUT2D eigenvalue weighted by molar-refractivity contribution is -0.144. The topological polar surface area (TPSA) is 44.8 Å². The second-order valence-corrected chi connectivity index (χ2v) is 6.89. The van der Waals surface area contributed by atoms with Gasteiger partial charge >= 0.3 is 5.97 Å². The molecular formula is C20H33N3O2S. The maximum Gasteiger partial charge on any atom is 0.307 e. The standard InChI is InChI=1S/C20H33N3O2S/c1-4-5-6-7-8-12-17-25-19(24)15-16-23(22(2)3)20(26)21-18-13-10-9-11-14-18/h9-11,13-14H,4-8,12,15-17H2,1-3H3,(H,21,26). The zero-order valence-electron chi connectivity index (χ0n) is 16.4. The van der Waals surface area contributed by atoms with Crippen LogP contribution in [-0.2, 0) is 9.53 Å². The Morgan fingerprint density at radius 2 is 1.73 bits per heavy atom. The smallest absolute Gasteiger partial charge is 0.307 e. The summed E-state index contributed by atoms with van der Waals surface area (Å²) in [4.78, 5) is 12.0. The first kappa shape index (κ1) is 22.4. The molecule has 0 heterocycles. The van der Waals surface area contributed by atoms with Gasteiger partial charge < -0.3 is 10.1 Å². The van der Waals surface area contributed by atoms with Crippen LogP contribution in [0.25, 0.3) is 0 Å². The van der Waals surface area contributed by atoms with E-state index in [0.29, 0.717) is 24.7 Å². The molecule has 26 heavy (non-hydrogen) atoms. The Morgan fingerprint density at radius 1 is 1.08 bits per heavy atom. The van der Waals surface area contributed by atoms with Crippen molar-refractivity contribution in [3.05, 3.63) is 30.3 Å². The lowest BCUT2D eigenvalue weighted by Gasteiger charge is -2.31. The molecule has 146 valence electrons. The third-order valence-corrected chi connectivity index (χ3v) is 4.34. The Kier molecular flexibility index (Phi) is 11.6. The van der Waals surface area contributed by atoms with Crippen molar-refractivity contribution in [1.82, 2.24) is 10.0 Å². The molecule has 0 amide bonds. The van der Waals surface area contributed by atoms with Gasteiger partial charge in [-0.15, -0.1) is 0 Å². The number of thiocarbonyl (C=S) groups is 1. The van der Waals surface area contributed by atoms with Crippen LogP contribution in [0.5, 0.6) is 0 Å². The molecule has 1 rings (SSSR count). The minimum absolute atomic E-state index is 0.173. The average Bonchev–Trinajstić information content (AvgIpc) is 2.61. The fourth-order valence-electron chi connectivity index (χ4n) is 2.53. The minimum Gasteiger partial charge on any atom is -0.466 e. The van der Waals surface area contributed by atoms with Crippen molar-refractivity contribution < 1.29 is 9.53 Å². The second-order valence-electron chi connectivity index (χ2n) is 6.50. The summed E-state index contributed by atoms with van der Waals surface area (Å²) in [5.41, 5.74) is 0.926. The van der Waals surface area contributed by atoms with Crippen molar-refractivity contribution >= 4 is 29.0 Å². The predicted molar refractivity (Wildman–Crippen MR) is 112 cm³/mol. The zero-order valence-corrected chi connectivity index (χ0v) is 17.2. The molecule has 0 aliphatic carbocycles. The molecule has 0 bridgehead atoms. The Hall–Kier alpha value is -1.66. The van der Waals surface area contributed by atoms with Crippen LogP contribution in [0.1, 0.15) is 51.9 Å². The molecule has 0 aromatic heterocycles. The minimum atomic E-state index is -0.173. The van der Waals surface area contributed by atoms with Crippen LogP contribution in [0.15, 0.2) is 30.3 Å². The number of ether oxygens (including phenoxy) is 1. The normalized spacial score (nSPS) is 10.6. The highest BCUT2D eigenvalue weighted by Crippen LogP contribution is 2.09. The Morgan fingerprint density at radius 3 is 2.38 bits per heavy atom. The molecule has 1 N–H and O–H groups in total. The molecule has 5 nitrogen and oxygen atoms in total. The summed E-state index contributed by atoms with van der Waals surface area (Å²) >= 11 is 5.46. The van der Waals surface area contributed by atoms with Gasteiger partial charge in [-0.1, -0.05) is 57.2 Å². The number of nitrogens with zero attached hydrogens (tertiary/aromatic N) is 2. The van der Waals surface area contributed by atoms with E-state index >= 15 is 0 Å². The van der Waals surface area contributed by atoms with Crippen LogP contribution in [0.3, 0.4) is 0 Å². The number of anilines is 1. The second kappa shape index (κ2) is 13.5. The van der Waals surface area contributed by atoms with Crippen LogP contribution in [0.2, 0.25) is 0 Å². The third kappa shape index (κ3) is 9.73. The van der Waals surface area contributed by atoms with Gasteiger partial charge in [0.25, 0.3) is 0 Å². The fourth-order valence-corrected chi connectivity index (χ4v) is 2.90. The summed E-state index contributed by atoms with van der Waals surface area (Å²) < 4.78 is 5.33. The largest absolute Gasteiger partial charge is 0.466 e. The molecule has 6 heteroatoms. The molecular weight excluding hydrogens is 346 g/mol. The van der Waals surface area contributed by atoms with Crippen LogP contribution < -0.4 is 5.32 Å². The van der Waals surface area contributed by atoms with E-state index in [-0.39, 0.29) is 5.97 Å². The zero-order chi connectivity index (χ0) is 19.2. The first-order chi connectivity index (χ1) is 12.5. The first-order valence-electron chi connectivity index (χ1n) is 9.51. The number of nitrogens with one attached hydrogen (secondary N) is 1. The summed E-state index contributed by atoms with van der Waals surface area (Å²) in [6.07, 6.45) is 7.41. The van der Waals surface area contributed by atoms with Gasteiger partial charge in [0.1, 0.15) is 0 Å². The quantitative estimate of drug-likeness (QED) is 0.250. The summed E-state index contributed by atoms with van der Waals surface area (Å²) in [5.74, 6) is -0.173. The van der Waals surface area contributed by atoms with Gasteiger partial charge in [0.15, 0.2) is 5.11 Å². The van der Waals surface area contributed by atoms with Gasteiger partial charge in [0, 0.05) is 26.3 Å². The lowest BCUT2D eigenvalue weighted by Crippen LogP contribution is -2.45. The van der Waals surface area contributed by atoms with Crippen molar-refractivity contribution in [3.8, 4) is 0 Å². The number of benzene rings is 1. The Balaban J connectivity index is 2.27. The summed E-state index contributed by atoms with van der Waals surface area (Å²) in [6.45, 7) is 3.21. The molecule has 0 unspecified atom stereocenters. The maximum atomic E-state index is 12.0. The molecule has 1 aromatic rings. The van der Waals surface area contributed by atoms with Crippen molar-refractivity contribution in [3.63, 3.8) is 0 Å². The van der Waals surface area contributed by atoms with E-state index in [4.69, 9.17) is 17.0 Å². The number of hydrogen-bond acceptors (Lipinski definition) is 4. The number of esters is 1. The number of hydrazine groups is 1. The van der Waals surface area contributed by atoms with Gasteiger partial charge in [-0.25, -0.2) is 5.01 Å². The molecule has 0 aliphatic heterocycles. The molecule has 0 fully saturated rings. The van der Waals surface area contributed by atoms with Gasteiger partial charge in [-0.3, -0.25) is 9.80 Å². The van der Waals surface area contributed by atoms with Gasteiger partial charge in [0.05, 0.1) is 13.0 Å². The van der Waals surface area contributed by atoms with Gasteiger partial charge in [0.2, 0.25) is 0 Å². The summed E-state index contributed by atoms with van der Waals surface area (Å²) in [7, 11) is 3.81. The van der Waals surface area contributed by atoms with E-state index < -0.39 is 0 Å². The van der Waals surface area contributed by atoms with E-state index in [1.807, 2.05) is 54.4 Å². The number of carbonyl (C=O) groups is 1. The number of unbranched alkanes of at least 4 members (excludes halogenated alkanes) is 5. The van der Waals surface area contributed by atoms with Crippen molar-refractivity contribution in [2.45, 2.75) is 51.9 Å². The average molecular weight is 380 g/mol. The summed E-state index contributed by atoms with van der Waals surface area (Å²) in [5, 5.41) is 7.48. The third-order valence-electron chi connectivity index (χ3n) is 4.03. The van der Waals surface area contributed by atoms with Crippen LogP contribution in [0, 0.1) is 0 Å². The van der Waals surface area contributed by atoms with E-state index in [2.05, 4.69) is 12.2 Å². The van der Waals surface area contributed by atoms with Crippen LogP contribution in [-0.4, -0.2) is 48.3 Å². The maximum absolute atomic E-state index is 12.0. The van der Waals surface area contributed by atoms with Crippen LogP contribution >= 0.6 is 12.2 Å². The first-order valence-corrected chi connectivity index (χ1v) is 9.91. The van der Waals surface area contributed by atoms with Gasteiger partial charge in [-0.05, 0) is 30.8 Å². The molecule has 0 spiro atoms. The van der Waals surface area contributed by atoms with Crippen molar-refractivity contribution in [2.24, 2.45) is 0 Å². The highest BCUT2D eigenvalue weighted by Gasteiger charge is 2.14. The number of rotatable bonds is 12. The molecule has 0 aliphatic rings. The molecule has 0 saturated carbocycles. The molecule has 0 saturated heterocycles. The van der Waals surface area contributed by atoms with Gasteiger partial charge in [-0.2, -0.15) is 0 Å². The Labute approximate surface area is 163 Å². The highest BCUT2D eigenvalue weighted by molar-refractivity contribution is 7.80. The fraction of sp³-hybridized carbons (Fsp3) is 0.600. The SMILES string of the molecule is CCCCCCCCOC(=O)CCN(C(=S)Nc1ccccc1)N(C)C. The molecule has 1 aromatic carbocycles. The Bertz CT molecular complexity index is 523. The van der Waals surface area contributed by atoms with Crippen LogP contribution in [0.4, 0.5) is 5.69 Å². The monoisotopic (exact) mass is 379 g/mol. The predicted octanol–water partition coefficient (Wildman–Crippen LogP) is 4.46. The summed E-state index contributed by atoms with van der Waals surface area (Å²) in [6, 6.07) is 9.76. The lowest BCUT2D eigenvalue weighted by atomic mass is 10.1.